The van der Waals surface area contributed by atoms with Crippen LogP contribution in [0.1, 0.15) is 56.3 Å². The molecule has 156 valence electrons. The first-order valence-corrected chi connectivity index (χ1v) is 8.91. The van der Waals surface area contributed by atoms with Crippen LogP contribution in [0.3, 0.4) is 0 Å². The van der Waals surface area contributed by atoms with E-state index >= 15 is 0 Å². The minimum Gasteiger partial charge on any atom is -0.496 e. The lowest BCUT2D eigenvalue weighted by Crippen LogP contribution is -2.25. The van der Waals surface area contributed by atoms with Gasteiger partial charge in [0.1, 0.15) is 11.3 Å². The van der Waals surface area contributed by atoms with E-state index < -0.39 is 17.9 Å². The molecule has 1 heterocycles. The minimum absolute atomic E-state index is 0.0913. The summed E-state index contributed by atoms with van der Waals surface area (Å²) in [4.78, 5) is 40.2. The molecule has 0 radical (unpaired) electrons. The van der Waals surface area contributed by atoms with Gasteiger partial charge in [-0.3, -0.25) is 9.59 Å². The summed E-state index contributed by atoms with van der Waals surface area (Å²) in [6.45, 7) is 6.30. The quantitative estimate of drug-likeness (QED) is 0.533. The third-order valence-corrected chi connectivity index (χ3v) is 4.61. The maximum Gasteiger partial charge on any atom is 0.342 e. The van der Waals surface area contributed by atoms with Crippen molar-refractivity contribution >= 4 is 17.5 Å². The van der Waals surface area contributed by atoms with Crippen LogP contribution in [0.2, 0.25) is 0 Å². The molecule has 1 aromatic carbocycles. The number of hydrogen-bond donors (Lipinski definition) is 1. The summed E-state index contributed by atoms with van der Waals surface area (Å²) in [5.41, 5.74) is 1.93. The molecule has 1 atom stereocenters. The number of H-pyrrole nitrogens is 1. The molecule has 0 unspecified atom stereocenters. The number of aromatic amines is 1. The Morgan fingerprint density at radius 1 is 0.931 bits per heavy atom. The number of ketones is 2. The first-order valence-electron chi connectivity index (χ1n) is 8.91. The van der Waals surface area contributed by atoms with Crippen LogP contribution in [-0.2, 0) is 4.74 Å². The lowest BCUT2D eigenvalue weighted by atomic mass is 10.0. The van der Waals surface area contributed by atoms with E-state index in [1.54, 1.807) is 13.8 Å². The van der Waals surface area contributed by atoms with Crippen LogP contribution in [-0.4, -0.2) is 50.0 Å². The number of carbonyl (C=O) groups excluding carboxylic acids is 3. The van der Waals surface area contributed by atoms with Gasteiger partial charge < -0.3 is 23.9 Å². The number of Topliss-reactive ketones (excluding diaryl/α,β-unsaturated/α-hetero) is 2. The molecule has 8 heteroatoms. The van der Waals surface area contributed by atoms with Crippen molar-refractivity contribution < 1.29 is 33.3 Å². The van der Waals surface area contributed by atoms with Crippen molar-refractivity contribution in [3.63, 3.8) is 0 Å². The molecular weight excluding hydrogens is 378 g/mol. The molecule has 0 saturated heterocycles. The van der Waals surface area contributed by atoms with Crippen LogP contribution in [0.25, 0.3) is 0 Å². The van der Waals surface area contributed by atoms with Crippen LogP contribution in [0.4, 0.5) is 0 Å². The summed E-state index contributed by atoms with van der Waals surface area (Å²) in [6.07, 6.45) is -1.09. The van der Waals surface area contributed by atoms with Gasteiger partial charge in [0, 0.05) is 23.4 Å². The summed E-state index contributed by atoms with van der Waals surface area (Å²) in [5.74, 6) is -0.407. The molecule has 0 aliphatic carbocycles. The zero-order valence-corrected chi connectivity index (χ0v) is 17.6. The standard InChI is InChI=1S/C21H25NO7/c1-10-18(12(3)23)11(2)22-19(10)20(24)13(4)29-21(25)14-8-16(27-6)17(28-7)9-15(14)26-5/h8-9,13,22H,1-7H3/t13-/m1/s1. The van der Waals surface area contributed by atoms with Crippen LogP contribution in [0.5, 0.6) is 17.2 Å². The number of ether oxygens (including phenoxy) is 4. The van der Waals surface area contributed by atoms with Crippen LogP contribution in [0, 0.1) is 13.8 Å². The smallest absolute Gasteiger partial charge is 0.342 e. The van der Waals surface area contributed by atoms with Gasteiger partial charge in [-0.05, 0) is 33.3 Å². The fourth-order valence-corrected chi connectivity index (χ4v) is 3.19. The summed E-state index contributed by atoms with van der Waals surface area (Å²) in [7, 11) is 4.31. The molecule has 2 rings (SSSR count). The Bertz CT molecular complexity index is 958. The van der Waals surface area contributed by atoms with E-state index in [2.05, 4.69) is 4.98 Å². The third kappa shape index (κ3) is 4.26. The molecule has 0 saturated carbocycles. The SMILES string of the molecule is COc1cc(OC)c(C(=O)O[C@H](C)C(=O)c2[nH]c(C)c(C(C)=O)c2C)cc1OC. The Morgan fingerprint density at radius 2 is 1.48 bits per heavy atom. The Hall–Kier alpha value is -3.29. The monoisotopic (exact) mass is 403 g/mol. The number of methoxy groups -OCH3 is 3. The fraction of sp³-hybridized carbons (Fsp3) is 0.381. The predicted molar refractivity (Wildman–Crippen MR) is 106 cm³/mol. The minimum atomic E-state index is -1.09. The maximum atomic E-state index is 12.8. The first-order chi connectivity index (χ1) is 13.7. The van der Waals surface area contributed by atoms with E-state index in [9.17, 15) is 14.4 Å². The van der Waals surface area contributed by atoms with Crippen LogP contribution < -0.4 is 14.2 Å². The Balaban J connectivity index is 2.30. The highest BCUT2D eigenvalue weighted by Gasteiger charge is 2.28. The zero-order chi connectivity index (χ0) is 21.9. The number of aryl methyl sites for hydroxylation is 1. The summed E-state index contributed by atoms with van der Waals surface area (Å²) in [5, 5.41) is 0. The maximum absolute atomic E-state index is 12.8. The van der Waals surface area contributed by atoms with Crippen molar-refractivity contribution in [2.45, 2.75) is 33.8 Å². The summed E-state index contributed by atoms with van der Waals surface area (Å²) >= 11 is 0. The van der Waals surface area contributed by atoms with Gasteiger partial charge in [-0.15, -0.1) is 0 Å². The number of carbonyl (C=O) groups is 3. The molecule has 0 fully saturated rings. The predicted octanol–water partition coefficient (Wildman–Crippen LogP) is 3.29. The van der Waals surface area contributed by atoms with E-state index in [0.717, 1.165) is 0 Å². The van der Waals surface area contributed by atoms with Gasteiger partial charge in [0.25, 0.3) is 0 Å². The van der Waals surface area contributed by atoms with Crippen molar-refractivity contribution in [2.24, 2.45) is 0 Å². The van der Waals surface area contributed by atoms with Gasteiger partial charge in [-0.1, -0.05) is 0 Å². The van der Waals surface area contributed by atoms with Crippen molar-refractivity contribution in [1.82, 2.24) is 4.98 Å². The van der Waals surface area contributed by atoms with Gasteiger partial charge in [-0.25, -0.2) is 4.79 Å². The van der Waals surface area contributed by atoms with E-state index in [1.807, 2.05) is 0 Å². The van der Waals surface area contributed by atoms with Crippen molar-refractivity contribution in [3.8, 4) is 17.2 Å². The van der Waals surface area contributed by atoms with Crippen molar-refractivity contribution in [2.75, 3.05) is 21.3 Å². The number of benzene rings is 1. The molecule has 1 aromatic heterocycles. The third-order valence-electron chi connectivity index (χ3n) is 4.61. The highest BCUT2D eigenvalue weighted by molar-refractivity contribution is 6.06. The molecule has 29 heavy (non-hydrogen) atoms. The lowest BCUT2D eigenvalue weighted by Gasteiger charge is -2.16. The molecule has 0 aliphatic heterocycles. The lowest BCUT2D eigenvalue weighted by molar-refractivity contribution is 0.0313. The second-order valence-electron chi connectivity index (χ2n) is 6.50. The highest BCUT2D eigenvalue weighted by Crippen LogP contribution is 2.35. The van der Waals surface area contributed by atoms with Gasteiger partial charge in [0.15, 0.2) is 23.4 Å². The van der Waals surface area contributed by atoms with Crippen molar-refractivity contribution in [1.29, 1.82) is 0 Å². The fourth-order valence-electron chi connectivity index (χ4n) is 3.19. The Morgan fingerprint density at radius 3 is 1.97 bits per heavy atom. The number of aromatic nitrogens is 1. The summed E-state index contributed by atoms with van der Waals surface area (Å²) in [6, 6.07) is 2.93. The zero-order valence-electron chi connectivity index (χ0n) is 17.6. The molecule has 0 bridgehead atoms. The van der Waals surface area contributed by atoms with E-state index in [1.165, 1.54) is 47.3 Å². The Kier molecular flexibility index (Phi) is 6.68. The van der Waals surface area contributed by atoms with Gasteiger partial charge in [0.05, 0.1) is 27.0 Å². The molecule has 0 amide bonds. The van der Waals surface area contributed by atoms with Gasteiger partial charge in [-0.2, -0.15) is 0 Å². The van der Waals surface area contributed by atoms with Crippen LogP contribution in [0.15, 0.2) is 12.1 Å². The van der Waals surface area contributed by atoms with Gasteiger partial charge in [0.2, 0.25) is 5.78 Å². The molecular formula is C21H25NO7. The topological polar surface area (TPSA) is 104 Å². The van der Waals surface area contributed by atoms with Crippen LogP contribution >= 0.6 is 0 Å². The number of nitrogens with one attached hydrogen (secondary N) is 1. The van der Waals surface area contributed by atoms with E-state index in [-0.39, 0.29) is 22.8 Å². The second-order valence-corrected chi connectivity index (χ2v) is 6.50. The number of hydrogen-bond acceptors (Lipinski definition) is 7. The molecule has 0 aliphatic rings. The van der Waals surface area contributed by atoms with E-state index in [0.29, 0.717) is 28.3 Å². The molecule has 2 aromatic rings. The van der Waals surface area contributed by atoms with Crippen molar-refractivity contribution in [3.05, 3.63) is 40.2 Å². The number of esters is 1. The second kappa shape index (κ2) is 8.81. The average Bonchev–Trinajstić information content (AvgIpc) is 2.99. The van der Waals surface area contributed by atoms with E-state index in [4.69, 9.17) is 18.9 Å². The summed E-state index contributed by atoms with van der Waals surface area (Å²) < 4.78 is 21.0. The number of rotatable bonds is 8. The molecule has 8 nitrogen and oxygen atoms in total. The van der Waals surface area contributed by atoms with Gasteiger partial charge >= 0.3 is 5.97 Å². The molecule has 0 spiro atoms. The Labute approximate surface area is 169 Å². The first kappa shape index (κ1) is 22.0. The normalized spacial score (nSPS) is 11.6. The highest BCUT2D eigenvalue weighted by atomic mass is 16.5. The largest absolute Gasteiger partial charge is 0.496 e. The average molecular weight is 403 g/mol. The molecule has 1 N–H and O–H groups in total.